The molecular formula is C24H25FN4O. The average molecular weight is 404 g/mol. The Hall–Kier alpha value is -3.41. The van der Waals surface area contributed by atoms with Crippen molar-refractivity contribution < 1.29 is 9.18 Å². The van der Waals surface area contributed by atoms with Gasteiger partial charge in [0.2, 0.25) is 0 Å². The topological polar surface area (TPSA) is 49.6 Å². The molecular weight excluding hydrogens is 379 g/mol. The van der Waals surface area contributed by atoms with Crippen LogP contribution in [-0.2, 0) is 0 Å². The maximum Gasteiger partial charge on any atom is 0.271 e. The SMILES string of the molecule is Cc1ccc(C)n1-c1ccc(C(=O)N/N=C\c2ccc(N3CCCC3)c(F)c2)cc1. The summed E-state index contributed by atoms with van der Waals surface area (Å²) >= 11 is 0. The number of halogens is 1. The van der Waals surface area contributed by atoms with E-state index in [1.54, 1.807) is 18.2 Å². The fraction of sp³-hybridized carbons (Fsp3) is 0.250. The summed E-state index contributed by atoms with van der Waals surface area (Å²) in [7, 11) is 0. The van der Waals surface area contributed by atoms with Crippen LogP contribution < -0.4 is 10.3 Å². The number of aromatic nitrogens is 1. The maximum absolute atomic E-state index is 14.4. The lowest BCUT2D eigenvalue weighted by Gasteiger charge is -2.18. The summed E-state index contributed by atoms with van der Waals surface area (Å²) in [5.41, 5.74) is 7.52. The molecule has 2 aromatic carbocycles. The van der Waals surface area contributed by atoms with Crippen LogP contribution >= 0.6 is 0 Å². The molecule has 154 valence electrons. The second-order valence-corrected chi connectivity index (χ2v) is 7.60. The molecule has 0 spiro atoms. The lowest BCUT2D eigenvalue weighted by Crippen LogP contribution is -2.19. The molecule has 0 unspecified atom stereocenters. The molecule has 1 amide bonds. The summed E-state index contributed by atoms with van der Waals surface area (Å²) in [6, 6.07) is 16.5. The van der Waals surface area contributed by atoms with Crippen molar-refractivity contribution in [2.45, 2.75) is 26.7 Å². The van der Waals surface area contributed by atoms with Crippen LogP contribution in [0.15, 0.2) is 59.7 Å². The third kappa shape index (κ3) is 4.13. The van der Waals surface area contributed by atoms with Crippen LogP contribution in [-0.4, -0.2) is 29.8 Å². The molecule has 0 bridgehead atoms. The first-order valence-corrected chi connectivity index (χ1v) is 10.2. The summed E-state index contributed by atoms with van der Waals surface area (Å²) in [6.07, 6.45) is 3.65. The van der Waals surface area contributed by atoms with Crippen molar-refractivity contribution in [3.05, 3.63) is 82.9 Å². The molecule has 1 aliphatic heterocycles. The first-order chi connectivity index (χ1) is 14.5. The molecule has 30 heavy (non-hydrogen) atoms. The van der Waals surface area contributed by atoms with Crippen molar-refractivity contribution in [1.29, 1.82) is 0 Å². The van der Waals surface area contributed by atoms with Gasteiger partial charge >= 0.3 is 0 Å². The van der Waals surface area contributed by atoms with Crippen molar-refractivity contribution in [1.82, 2.24) is 9.99 Å². The van der Waals surface area contributed by atoms with Gasteiger partial charge in [0.1, 0.15) is 5.82 Å². The number of hydrazone groups is 1. The number of rotatable bonds is 5. The number of amides is 1. The molecule has 0 aliphatic carbocycles. The summed E-state index contributed by atoms with van der Waals surface area (Å²) in [5, 5.41) is 3.98. The Morgan fingerprint density at radius 3 is 2.30 bits per heavy atom. The lowest BCUT2D eigenvalue weighted by molar-refractivity contribution is 0.0955. The van der Waals surface area contributed by atoms with Gasteiger partial charge in [0.05, 0.1) is 11.9 Å². The van der Waals surface area contributed by atoms with Crippen molar-refractivity contribution in [3.63, 3.8) is 0 Å². The zero-order valence-corrected chi connectivity index (χ0v) is 17.2. The molecule has 1 aliphatic rings. The molecule has 1 aromatic heterocycles. The second-order valence-electron chi connectivity index (χ2n) is 7.60. The fourth-order valence-corrected chi connectivity index (χ4v) is 3.89. The number of aryl methyl sites for hydroxylation is 2. The molecule has 2 heterocycles. The maximum atomic E-state index is 14.4. The smallest absolute Gasteiger partial charge is 0.271 e. The zero-order valence-electron chi connectivity index (χ0n) is 17.2. The number of hydrogen-bond donors (Lipinski definition) is 1. The highest BCUT2D eigenvalue weighted by atomic mass is 19.1. The number of anilines is 1. The summed E-state index contributed by atoms with van der Waals surface area (Å²) in [5.74, 6) is -0.578. The Bertz CT molecular complexity index is 1060. The van der Waals surface area contributed by atoms with Crippen LogP contribution in [0.25, 0.3) is 5.69 Å². The average Bonchev–Trinajstić information content (AvgIpc) is 3.38. The Balaban J connectivity index is 1.39. The third-order valence-electron chi connectivity index (χ3n) is 5.46. The highest BCUT2D eigenvalue weighted by Crippen LogP contribution is 2.24. The standard InChI is InChI=1S/C24H25FN4O/c1-17-5-6-18(2)29(17)21-10-8-20(9-11-21)24(30)27-26-16-19-7-12-23(22(25)15-19)28-13-3-4-14-28/h5-12,15-16H,3-4,13-14H2,1-2H3,(H,27,30)/b26-16-. The van der Waals surface area contributed by atoms with Gasteiger partial charge in [0.25, 0.3) is 5.91 Å². The minimum atomic E-state index is -0.312. The van der Waals surface area contributed by atoms with E-state index in [1.165, 1.54) is 12.3 Å². The number of carbonyl (C=O) groups excluding carboxylic acids is 1. The number of benzene rings is 2. The van der Waals surface area contributed by atoms with Gasteiger partial charge in [-0.05, 0) is 80.8 Å². The first-order valence-electron chi connectivity index (χ1n) is 10.2. The number of nitrogens with zero attached hydrogens (tertiary/aromatic N) is 3. The number of hydrogen-bond acceptors (Lipinski definition) is 3. The Kier molecular flexibility index (Phi) is 5.65. The Morgan fingerprint density at radius 1 is 1.00 bits per heavy atom. The molecule has 1 fully saturated rings. The molecule has 5 nitrogen and oxygen atoms in total. The van der Waals surface area contributed by atoms with E-state index >= 15 is 0 Å². The van der Waals surface area contributed by atoms with E-state index in [0.29, 0.717) is 16.8 Å². The van der Waals surface area contributed by atoms with Crippen LogP contribution in [0.3, 0.4) is 0 Å². The van der Waals surface area contributed by atoms with Gasteiger partial charge in [-0.15, -0.1) is 0 Å². The van der Waals surface area contributed by atoms with E-state index in [0.717, 1.165) is 43.0 Å². The third-order valence-corrected chi connectivity index (χ3v) is 5.46. The lowest BCUT2D eigenvalue weighted by atomic mass is 10.2. The number of nitrogens with one attached hydrogen (secondary N) is 1. The van der Waals surface area contributed by atoms with Gasteiger partial charge in [-0.2, -0.15) is 5.10 Å². The van der Waals surface area contributed by atoms with Crippen LogP contribution in [0.2, 0.25) is 0 Å². The predicted octanol–water partition coefficient (Wildman–Crippen LogP) is 4.60. The molecule has 1 saturated heterocycles. The fourth-order valence-electron chi connectivity index (χ4n) is 3.89. The monoisotopic (exact) mass is 404 g/mol. The largest absolute Gasteiger partial charge is 0.369 e. The van der Waals surface area contributed by atoms with E-state index in [2.05, 4.69) is 32.1 Å². The minimum Gasteiger partial charge on any atom is -0.369 e. The van der Waals surface area contributed by atoms with E-state index in [-0.39, 0.29) is 11.7 Å². The van der Waals surface area contributed by atoms with Gasteiger partial charge in [-0.3, -0.25) is 4.79 Å². The van der Waals surface area contributed by atoms with Gasteiger partial charge in [0.15, 0.2) is 0 Å². The van der Waals surface area contributed by atoms with E-state index in [9.17, 15) is 9.18 Å². The van der Waals surface area contributed by atoms with E-state index in [1.807, 2.05) is 32.0 Å². The predicted molar refractivity (Wildman–Crippen MR) is 118 cm³/mol. The van der Waals surface area contributed by atoms with E-state index in [4.69, 9.17) is 0 Å². The van der Waals surface area contributed by atoms with Crippen molar-refractivity contribution >= 4 is 17.8 Å². The molecule has 0 saturated carbocycles. The zero-order chi connectivity index (χ0) is 21.1. The minimum absolute atomic E-state index is 0.265. The van der Waals surface area contributed by atoms with Gasteiger partial charge in [-0.1, -0.05) is 6.07 Å². The highest BCUT2D eigenvalue weighted by molar-refractivity contribution is 5.95. The van der Waals surface area contributed by atoms with Crippen LogP contribution in [0.1, 0.15) is 40.2 Å². The molecule has 6 heteroatoms. The van der Waals surface area contributed by atoms with Crippen LogP contribution in [0, 0.1) is 19.7 Å². The highest BCUT2D eigenvalue weighted by Gasteiger charge is 2.16. The summed E-state index contributed by atoms with van der Waals surface area (Å²) in [4.78, 5) is 14.4. The van der Waals surface area contributed by atoms with E-state index < -0.39 is 0 Å². The van der Waals surface area contributed by atoms with Crippen LogP contribution in [0.5, 0.6) is 0 Å². The number of carbonyl (C=O) groups is 1. The molecule has 0 radical (unpaired) electrons. The molecule has 0 atom stereocenters. The summed E-state index contributed by atoms with van der Waals surface area (Å²) < 4.78 is 16.5. The second kappa shape index (κ2) is 8.53. The van der Waals surface area contributed by atoms with Gasteiger partial charge in [0, 0.05) is 35.7 Å². The molecule has 4 rings (SSSR count). The van der Waals surface area contributed by atoms with Gasteiger partial charge < -0.3 is 9.47 Å². The molecule has 3 aromatic rings. The van der Waals surface area contributed by atoms with Crippen LogP contribution in [0.4, 0.5) is 10.1 Å². The van der Waals surface area contributed by atoms with Crippen molar-refractivity contribution in [2.24, 2.45) is 5.10 Å². The van der Waals surface area contributed by atoms with Gasteiger partial charge in [-0.25, -0.2) is 9.82 Å². The quantitative estimate of drug-likeness (QED) is 0.499. The van der Waals surface area contributed by atoms with Crippen molar-refractivity contribution in [2.75, 3.05) is 18.0 Å². The first kappa shape index (κ1) is 19.9. The summed E-state index contributed by atoms with van der Waals surface area (Å²) in [6.45, 7) is 5.87. The Morgan fingerprint density at radius 2 is 1.67 bits per heavy atom. The normalized spacial score (nSPS) is 13.9. The Labute approximate surface area is 175 Å². The van der Waals surface area contributed by atoms with Crippen molar-refractivity contribution in [3.8, 4) is 5.69 Å². The molecule has 1 N–H and O–H groups in total.